The Labute approximate surface area is 117 Å². The Morgan fingerprint density at radius 2 is 2.06 bits per heavy atom. The molecule has 0 atom stereocenters. The predicted octanol–water partition coefficient (Wildman–Crippen LogP) is 4.08. The summed E-state index contributed by atoms with van der Waals surface area (Å²) in [6, 6.07) is 4.25. The van der Waals surface area contributed by atoms with Gasteiger partial charge in [-0.05, 0) is 43.5 Å². The smallest absolute Gasteiger partial charge is 0.140 e. The molecule has 0 saturated carbocycles. The zero-order chi connectivity index (χ0) is 13.1. The van der Waals surface area contributed by atoms with E-state index in [9.17, 15) is 0 Å². The molecule has 2 aromatic rings. The van der Waals surface area contributed by atoms with Gasteiger partial charge < -0.3 is 4.74 Å². The van der Waals surface area contributed by atoms with Crippen molar-refractivity contribution in [2.45, 2.75) is 33.1 Å². The van der Waals surface area contributed by atoms with Gasteiger partial charge in [-0.15, -0.1) is 11.3 Å². The summed E-state index contributed by atoms with van der Waals surface area (Å²) in [4.78, 5) is 5.50. The minimum atomic E-state index is 0.530. The molecule has 0 saturated heterocycles. The lowest BCUT2D eigenvalue weighted by molar-refractivity contribution is 0.303. The Hall–Kier alpha value is -1.000. The number of nitrogens with zero attached hydrogens (tertiary/aromatic N) is 1. The normalized spacial score (nSPS) is 10.7. The summed E-state index contributed by atoms with van der Waals surface area (Å²) < 4.78 is 5.87. The van der Waals surface area contributed by atoms with Gasteiger partial charge in [-0.25, -0.2) is 4.98 Å². The maximum atomic E-state index is 5.87. The lowest BCUT2D eigenvalue weighted by atomic mass is 10.1. The lowest BCUT2D eigenvalue weighted by Crippen LogP contribution is -1.98. The van der Waals surface area contributed by atoms with Gasteiger partial charge in [0.2, 0.25) is 0 Å². The molecule has 0 fully saturated rings. The fourth-order valence-corrected chi connectivity index (χ4v) is 2.75. The first kappa shape index (κ1) is 13.4. The number of aromatic nitrogens is 1. The number of aryl methyl sites for hydroxylation is 2. The summed E-state index contributed by atoms with van der Waals surface area (Å²) in [6.07, 6.45) is 1.87. The minimum absolute atomic E-state index is 0.530. The Kier molecular flexibility index (Phi) is 4.30. The van der Waals surface area contributed by atoms with Crippen molar-refractivity contribution in [3.05, 3.63) is 44.9 Å². The quantitative estimate of drug-likeness (QED) is 0.852. The molecule has 18 heavy (non-hydrogen) atoms. The molecule has 1 heterocycles. The van der Waals surface area contributed by atoms with Crippen LogP contribution in [0.4, 0.5) is 0 Å². The fourth-order valence-electron chi connectivity index (χ4n) is 1.78. The second-order valence-corrected chi connectivity index (χ2v) is 5.89. The Morgan fingerprint density at radius 1 is 1.28 bits per heavy atom. The van der Waals surface area contributed by atoms with Gasteiger partial charge >= 0.3 is 0 Å². The molecule has 96 valence electrons. The third-order valence-electron chi connectivity index (χ3n) is 2.87. The average Bonchev–Trinajstić information content (AvgIpc) is 2.80. The molecule has 0 aliphatic carbocycles. The van der Waals surface area contributed by atoms with E-state index in [4.69, 9.17) is 4.74 Å². The molecule has 1 aromatic heterocycles. The van der Waals surface area contributed by atoms with Crippen LogP contribution in [0.1, 0.15) is 26.6 Å². The predicted molar refractivity (Wildman–Crippen MR) is 79.8 cm³/mol. The molecule has 4 heteroatoms. The van der Waals surface area contributed by atoms with Crippen molar-refractivity contribution in [1.82, 2.24) is 4.98 Å². The summed E-state index contributed by atoms with van der Waals surface area (Å²) in [5.41, 5.74) is 3.69. The Morgan fingerprint density at radius 3 is 2.72 bits per heavy atom. The molecule has 2 nitrogen and oxygen atoms in total. The molecular formula is C14H17NOS2. The molecule has 0 radical (unpaired) electrons. The highest BCUT2D eigenvalue weighted by Crippen LogP contribution is 2.25. The van der Waals surface area contributed by atoms with Gasteiger partial charge in [-0.2, -0.15) is 12.6 Å². The molecule has 0 aliphatic heterocycles. The zero-order valence-electron chi connectivity index (χ0n) is 10.9. The molecule has 0 bridgehead atoms. The standard InChI is InChI=1S/C14H17NOS2/c1-9-4-10(2)11(3)13(5-9)16-7-14-15-6-12(8-17)18-14/h4-6,17H,7-8H2,1-3H3. The van der Waals surface area contributed by atoms with Gasteiger partial charge in [-0.1, -0.05) is 6.07 Å². The van der Waals surface area contributed by atoms with Gasteiger partial charge in [0.05, 0.1) is 0 Å². The summed E-state index contributed by atoms with van der Waals surface area (Å²) >= 11 is 5.89. The van der Waals surface area contributed by atoms with E-state index in [1.54, 1.807) is 11.3 Å². The first-order valence-electron chi connectivity index (χ1n) is 5.85. The highest BCUT2D eigenvalue weighted by Gasteiger charge is 2.06. The van der Waals surface area contributed by atoms with Gasteiger partial charge in [0.1, 0.15) is 17.4 Å². The van der Waals surface area contributed by atoms with E-state index >= 15 is 0 Å². The van der Waals surface area contributed by atoms with Crippen molar-refractivity contribution < 1.29 is 4.74 Å². The number of hydrogen-bond donors (Lipinski definition) is 1. The Balaban J connectivity index is 2.10. The number of benzene rings is 1. The van der Waals surface area contributed by atoms with E-state index < -0.39 is 0 Å². The topological polar surface area (TPSA) is 22.1 Å². The summed E-state index contributed by atoms with van der Waals surface area (Å²) in [7, 11) is 0. The van der Waals surface area contributed by atoms with Crippen molar-refractivity contribution >= 4 is 24.0 Å². The molecule has 0 amide bonds. The van der Waals surface area contributed by atoms with Crippen molar-refractivity contribution in [3.63, 3.8) is 0 Å². The van der Waals surface area contributed by atoms with Crippen LogP contribution in [0, 0.1) is 20.8 Å². The molecule has 0 spiro atoms. The summed E-state index contributed by atoms with van der Waals surface area (Å²) in [6.45, 7) is 6.81. The van der Waals surface area contributed by atoms with Gasteiger partial charge in [-0.3, -0.25) is 0 Å². The highest BCUT2D eigenvalue weighted by atomic mass is 32.1. The van der Waals surface area contributed by atoms with E-state index in [-0.39, 0.29) is 0 Å². The zero-order valence-corrected chi connectivity index (χ0v) is 12.6. The first-order valence-corrected chi connectivity index (χ1v) is 7.30. The van der Waals surface area contributed by atoms with Crippen LogP contribution < -0.4 is 4.74 Å². The van der Waals surface area contributed by atoms with Crippen molar-refractivity contribution in [2.24, 2.45) is 0 Å². The van der Waals surface area contributed by atoms with E-state index in [1.807, 2.05) is 6.20 Å². The summed E-state index contributed by atoms with van der Waals surface area (Å²) in [5, 5.41) is 0.998. The number of thiazole rings is 1. The maximum absolute atomic E-state index is 5.87. The third kappa shape index (κ3) is 3.06. The van der Waals surface area contributed by atoms with Gasteiger partial charge in [0, 0.05) is 16.8 Å². The van der Waals surface area contributed by atoms with Gasteiger partial charge in [0.15, 0.2) is 0 Å². The molecular weight excluding hydrogens is 262 g/mol. The van der Waals surface area contributed by atoms with Crippen LogP contribution in [0.2, 0.25) is 0 Å². The van der Waals surface area contributed by atoms with E-state index in [0.717, 1.165) is 16.5 Å². The van der Waals surface area contributed by atoms with Crippen LogP contribution in [0.15, 0.2) is 18.3 Å². The number of ether oxygens (including phenoxy) is 1. The second-order valence-electron chi connectivity index (χ2n) is 4.37. The van der Waals surface area contributed by atoms with Crippen molar-refractivity contribution in [1.29, 1.82) is 0 Å². The third-order valence-corrected chi connectivity index (χ3v) is 4.40. The molecule has 2 rings (SSSR count). The van der Waals surface area contributed by atoms with E-state index in [0.29, 0.717) is 6.61 Å². The van der Waals surface area contributed by atoms with Crippen LogP contribution in [-0.2, 0) is 12.4 Å². The van der Waals surface area contributed by atoms with Crippen LogP contribution in [0.25, 0.3) is 0 Å². The van der Waals surface area contributed by atoms with E-state index in [1.165, 1.54) is 21.6 Å². The fraction of sp³-hybridized carbons (Fsp3) is 0.357. The largest absolute Gasteiger partial charge is 0.486 e. The number of hydrogen-bond acceptors (Lipinski definition) is 4. The SMILES string of the molecule is Cc1cc(C)c(C)c(OCc2ncc(CS)s2)c1. The van der Waals surface area contributed by atoms with Crippen LogP contribution in [0.5, 0.6) is 5.75 Å². The Bertz CT molecular complexity index is 549. The lowest BCUT2D eigenvalue weighted by Gasteiger charge is -2.11. The van der Waals surface area contributed by atoms with Crippen LogP contribution in [-0.4, -0.2) is 4.98 Å². The molecule has 0 N–H and O–H groups in total. The van der Waals surface area contributed by atoms with Crippen LogP contribution in [0.3, 0.4) is 0 Å². The first-order chi connectivity index (χ1) is 8.60. The number of thiol groups is 1. The van der Waals surface area contributed by atoms with Gasteiger partial charge in [0.25, 0.3) is 0 Å². The highest BCUT2D eigenvalue weighted by molar-refractivity contribution is 7.79. The maximum Gasteiger partial charge on any atom is 0.140 e. The average molecular weight is 279 g/mol. The van der Waals surface area contributed by atoms with Crippen molar-refractivity contribution in [2.75, 3.05) is 0 Å². The molecule has 0 unspecified atom stereocenters. The van der Waals surface area contributed by atoms with E-state index in [2.05, 4.69) is 50.5 Å². The molecule has 0 aliphatic rings. The summed E-state index contributed by atoms with van der Waals surface area (Å²) in [5.74, 6) is 1.69. The second kappa shape index (κ2) is 5.76. The monoisotopic (exact) mass is 279 g/mol. The van der Waals surface area contributed by atoms with Crippen LogP contribution >= 0.6 is 24.0 Å². The molecule has 1 aromatic carbocycles. The minimum Gasteiger partial charge on any atom is -0.486 e. The van der Waals surface area contributed by atoms with Crippen molar-refractivity contribution in [3.8, 4) is 5.75 Å². The number of rotatable bonds is 4.